The number of carbonyl (C=O) groups excluding carboxylic acids is 1. The number of thioether (sulfide) groups is 1. The van der Waals surface area contributed by atoms with Crippen LogP contribution in [-0.2, 0) is 6.54 Å². The third kappa shape index (κ3) is 3.70. The lowest BCUT2D eigenvalue weighted by molar-refractivity contribution is 0.0943. The van der Waals surface area contributed by atoms with Gasteiger partial charge in [0.2, 0.25) is 0 Å². The van der Waals surface area contributed by atoms with E-state index in [1.165, 1.54) is 11.8 Å². The molecule has 1 N–H and O–H groups in total. The van der Waals surface area contributed by atoms with Gasteiger partial charge in [-0.25, -0.2) is 9.67 Å². The number of rotatable bonds is 6. The minimum atomic E-state index is -0.177. The molecule has 0 unspecified atom stereocenters. The second-order valence-electron chi connectivity index (χ2n) is 6.11. The Morgan fingerprint density at radius 1 is 1.00 bits per heavy atom. The Labute approximate surface area is 167 Å². The lowest BCUT2D eigenvalue weighted by Crippen LogP contribution is -2.25. The first-order chi connectivity index (χ1) is 13.8. The lowest BCUT2D eigenvalue weighted by Gasteiger charge is -2.10. The summed E-state index contributed by atoms with van der Waals surface area (Å²) in [5.74, 6) is -0.177. The van der Waals surface area contributed by atoms with Gasteiger partial charge in [-0.3, -0.25) is 9.36 Å². The summed E-state index contributed by atoms with van der Waals surface area (Å²) in [5, 5.41) is 8.10. The maximum atomic E-state index is 12.8. The van der Waals surface area contributed by atoms with Crippen molar-refractivity contribution >= 4 is 17.7 Å². The van der Waals surface area contributed by atoms with Crippen molar-refractivity contribution in [1.82, 2.24) is 24.6 Å². The van der Waals surface area contributed by atoms with Crippen LogP contribution in [0.15, 0.2) is 84.4 Å². The van der Waals surface area contributed by atoms with E-state index in [1.807, 2.05) is 77.7 Å². The average molecular weight is 389 g/mol. The predicted molar refractivity (Wildman–Crippen MR) is 110 cm³/mol. The summed E-state index contributed by atoms with van der Waals surface area (Å²) in [6.07, 6.45) is 7.23. The highest BCUT2D eigenvalue weighted by Crippen LogP contribution is 2.21. The summed E-state index contributed by atoms with van der Waals surface area (Å²) in [5.41, 5.74) is 3.32. The van der Waals surface area contributed by atoms with Gasteiger partial charge in [0.05, 0.1) is 18.1 Å². The number of carbonyl (C=O) groups is 1. The Morgan fingerprint density at radius 2 is 1.68 bits per heavy atom. The molecule has 2 heterocycles. The van der Waals surface area contributed by atoms with Crippen LogP contribution in [-0.4, -0.2) is 31.5 Å². The molecular formula is C21H19N5OS. The van der Waals surface area contributed by atoms with E-state index in [2.05, 4.69) is 15.4 Å². The summed E-state index contributed by atoms with van der Waals surface area (Å²) in [6, 6.07) is 19.6. The molecule has 2 aromatic carbocycles. The second-order valence-corrected chi connectivity index (χ2v) is 6.89. The summed E-state index contributed by atoms with van der Waals surface area (Å²) in [6.45, 7) is 0.389. The van der Waals surface area contributed by atoms with Crippen molar-refractivity contribution in [2.24, 2.45) is 0 Å². The molecule has 1 amide bonds. The zero-order valence-corrected chi connectivity index (χ0v) is 16.1. The highest BCUT2D eigenvalue weighted by Gasteiger charge is 2.17. The predicted octanol–water partition coefficient (Wildman–Crippen LogP) is 3.71. The van der Waals surface area contributed by atoms with Gasteiger partial charge in [-0.05, 0) is 30.5 Å². The fourth-order valence-corrected chi connectivity index (χ4v) is 3.46. The maximum absolute atomic E-state index is 12.8. The van der Waals surface area contributed by atoms with Crippen LogP contribution >= 0.6 is 11.8 Å². The van der Waals surface area contributed by atoms with E-state index in [0.717, 1.165) is 22.1 Å². The van der Waals surface area contributed by atoms with Gasteiger partial charge in [0.15, 0.2) is 5.16 Å². The third-order valence-electron chi connectivity index (χ3n) is 4.27. The number of amides is 1. The van der Waals surface area contributed by atoms with Gasteiger partial charge in [-0.2, -0.15) is 5.10 Å². The summed E-state index contributed by atoms with van der Waals surface area (Å²) < 4.78 is 3.66. The van der Waals surface area contributed by atoms with Crippen LogP contribution < -0.4 is 5.32 Å². The fourth-order valence-electron chi connectivity index (χ4n) is 2.91. The van der Waals surface area contributed by atoms with Crippen molar-refractivity contribution in [2.75, 3.05) is 6.26 Å². The number of aromatic nitrogens is 4. The second kappa shape index (κ2) is 8.14. The molecule has 4 aromatic rings. The molecular weight excluding hydrogens is 370 g/mol. The first-order valence-corrected chi connectivity index (χ1v) is 10.0. The summed E-state index contributed by atoms with van der Waals surface area (Å²) >= 11 is 1.50. The maximum Gasteiger partial charge on any atom is 0.270 e. The van der Waals surface area contributed by atoms with Gasteiger partial charge >= 0.3 is 0 Å². The SMILES string of the molecule is CSc1ncc(C(=O)NCc2cnn(-c3ccccc3)c2)n1-c1ccccc1. The number of benzene rings is 2. The molecule has 0 aliphatic heterocycles. The van der Waals surface area contributed by atoms with E-state index in [0.29, 0.717) is 12.2 Å². The third-order valence-corrected chi connectivity index (χ3v) is 4.92. The van der Waals surface area contributed by atoms with Crippen LogP contribution in [0.3, 0.4) is 0 Å². The van der Waals surface area contributed by atoms with Crippen LogP contribution in [0.4, 0.5) is 0 Å². The quantitative estimate of drug-likeness (QED) is 0.511. The largest absolute Gasteiger partial charge is 0.347 e. The molecule has 0 saturated carbocycles. The van der Waals surface area contributed by atoms with Crippen molar-refractivity contribution < 1.29 is 4.79 Å². The molecule has 7 heteroatoms. The molecule has 4 rings (SSSR count). The van der Waals surface area contributed by atoms with Crippen molar-refractivity contribution in [2.45, 2.75) is 11.7 Å². The van der Waals surface area contributed by atoms with Crippen LogP contribution in [0.5, 0.6) is 0 Å². The van der Waals surface area contributed by atoms with Crippen molar-refractivity contribution in [3.63, 3.8) is 0 Å². The Kier molecular flexibility index (Phi) is 5.25. The van der Waals surface area contributed by atoms with Gasteiger partial charge in [0.1, 0.15) is 5.69 Å². The number of nitrogens with zero attached hydrogens (tertiary/aromatic N) is 4. The standard InChI is InChI=1S/C21H19N5OS/c1-28-21-23-14-19(26(21)18-10-6-3-7-11-18)20(27)22-12-16-13-24-25(15-16)17-8-4-2-5-9-17/h2-11,13-15H,12H2,1H3,(H,22,27). The van der Waals surface area contributed by atoms with E-state index in [1.54, 1.807) is 17.1 Å². The topological polar surface area (TPSA) is 64.7 Å². The van der Waals surface area contributed by atoms with E-state index in [4.69, 9.17) is 0 Å². The number of hydrogen-bond donors (Lipinski definition) is 1. The summed E-state index contributed by atoms with van der Waals surface area (Å²) in [7, 11) is 0. The first-order valence-electron chi connectivity index (χ1n) is 8.80. The first kappa shape index (κ1) is 18.1. The fraction of sp³-hybridized carbons (Fsp3) is 0.0952. The molecule has 0 fully saturated rings. The molecule has 6 nitrogen and oxygen atoms in total. The summed E-state index contributed by atoms with van der Waals surface area (Å²) in [4.78, 5) is 17.2. The number of para-hydroxylation sites is 2. The Bertz CT molecular complexity index is 1070. The van der Waals surface area contributed by atoms with E-state index in [-0.39, 0.29) is 5.91 Å². The Hall–Kier alpha value is -3.32. The zero-order valence-electron chi connectivity index (χ0n) is 15.3. The van der Waals surface area contributed by atoms with Gasteiger partial charge in [0, 0.05) is 24.0 Å². The number of nitrogens with one attached hydrogen (secondary N) is 1. The minimum absolute atomic E-state index is 0.177. The van der Waals surface area contributed by atoms with E-state index in [9.17, 15) is 4.79 Å². The molecule has 0 saturated heterocycles. The van der Waals surface area contributed by atoms with E-state index >= 15 is 0 Å². The van der Waals surface area contributed by atoms with Crippen molar-refractivity contribution in [3.8, 4) is 11.4 Å². The number of hydrogen-bond acceptors (Lipinski definition) is 4. The number of imidazole rings is 1. The minimum Gasteiger partial charge on any atom is -0.347 e. The molecule has 0 bridgehead atoms. The van der Waals surface area contributed by atoms with Gasteiger partial charge in [0.25, 0.3) is 5.91 Å². The monoisotopic (exact) mass is 389 g/mol. The van der Waals surface area contributed by atoms with Crippen LogP contribution in [0.1, 0.15) is 16.1 Å². The molecule has 0 aliphatic carbocycles. The van der Waals surface area contributed by atoms with Gasteiger partial charge in [-0.15, -0.1) is 0 Å². The Morgan fingerprint density at radius 3 is 2.36 bits per heavy atom. The Balaban J connectivity index is 1.51. The van der Waals surface area contributed by atoms with Crippen LogP contribution in [0.25, 0.3) is 11.4 Å². The van der Waals surface area contributed by atoms with Crippen molar-refractivity contribution in [3.05, 3.63) is 90.5 Å². The smallest absolute Gasteiger partial charge is 0.270 e. The molecule has 140 valence electrons. The van der Waals surface area contributed by atoms with E-state index < -0.39 is 0 Å². The highest BCUT2D eigenvalue weighted by molar-refractivity contribution is 7.98. The molecule has 0 radical (unpaired) electrons. The van der Waals surface area contributed by atoms with Gasteiger partial charge < -0.3 is 5.32 Å². The van der Waals surface area contributed by atoms with Crippen molar-refractivity contribution in [1.29, 1.82) is 0 Å². The average Bonchev–Trinajstić information content (AvgIpc) is 3.40. The van der Waals surface area contributed by atoms with Crippen LogP contribution in [0.2, 0.25) is 0 Å². The molecule has 0 spiro atoms. The highest BCUT2D eigenvalue weighted by atomic mass is 32.2. The van der Waals surface area contributed by atoms with Crippen LogP contribution in [0, 0.1) is 0 Å². The molecule has 0 atom stereocenters. The molecule has 2 aromatic heterocycles. The lowest BCUT2D eigenvalue weighted by atomic mass is 10.3. The molecule has 28 heavy (non-hydrogen) atoms. The molecule has 0 aliphatic rings. The van der Waals surface area contributed by atoms with Gasteiger partial charge in [-0.1, -0.05) is 48.2 Å². The normalized spacial score (nSPS) is 10.8. The zero-order chi connectivity index (χ0) is 19.3.